The van der Waals surface area contributed by atoms with Crippen LogP contribution in [0.3, 0.4) is 0 Å². The maximum atomic E-state index is 12.2. The van der Waals surface area contributed by atoms with Crippen LogP contribution in [0.2, 0.25) is 0 Å². The van der Waals surface area contributed by atoms with Crippen molar-refractivity contribution in [1.82, 2.24) is 10.2 Å². The summed E-state index contributed by atoms with van der Waals surface area (Å²) in [6.07, 6.45) is 4.30. The molecule has 2 N–H and O–H groups in total. The summed E-state index contributed by atoms with van der Waals surface area (Å²) in [6.45, 7) is 2.79. The molecule has 1 aliphatic heterocycles. The largest absolute Gasteiger partial charge is 0.481 e. The van der Waals surface area contributed by atoms with E-state index in [1.165, 1.54) is 0 Å². The number of hydrogen-bond acceptors (Lipinski definition) is 3. The number of carboxylic acids is 1. The number of nitrogens with zero attached hydrogens (tertiary/aromatic N) is 1. The van der Waals surface area contributed by atoms with Gasteiger partial charge in [0.2, 0.25) is 11.8 Å². The monoisotopic (exact) mass is 296 g/mol. The van der Waals surface area contributed by atoms with Gasteiger partial charge in [-0.3, -0.25) is 14.4 Å². The molecule has 2 aliphatic rings. The van der Waals surface area contributed by atoms with Crippen molar-refractivity contribution in [3.05, 3.63) is 0 Å². The van der Waals surface area contributed by atoms with Crippen LogP contribution in [0.15, 0.2) is 0 Å². The van der Waals surface area contributed by atoms with E-state index in [4.69, 9.17) is 5.11 Å². The van der Waals surface area contributed by atoms with Gasteiger partial charge in [-0.15, -0.1) is 0 Å². The molecule has 1 heterocycles. The first-order chi connectivity index (χ1) is 9.99. The summed E-state index contributed by atoms with van der Waals surface area (Å²) in [7, 11) is 0. The van der Waals surface area contributed by atoms with Crippen molar-refractivity contribution in [3.8, 4) is 0 Å². The lowest BCUT2D eigenvalue weighted by molar-refractivity contribution is -0.147. The van der Waals surface area contributed by atoms with Gasteiger partial charge in [-0.2, -0.15) is 0 Å². The van der Waals surface area contributed by atoms with Gasteiger partial charge in [-0.05, 0) is 39.0 Å². The highest BCUT2D eigenvalue weighted by atomic mass is 16.4. The first-order valence-electron chi connectivity index (χ1n) is 7.79. The molecular weight excluding hydrogens is 272 g/mol. The van der Waals surface area contributed by atoms with E-state index in [1.807, 2.05) is 6.92 Å². The summed E-state index contributed by atoms with van der Waals surface area (Å²) in [5, 5.41) is 11.9. The van der Waals surface area contributed by atoms with E-state index in [9.17, 15) is 14.4 Å². The van der Waals surface area contributed by atoms with Gasteiger partial charge >= 0.3 is 5.97 Å². The Morgan fingerprint density at radius 1 is 1.14 bits per heavy atom. The van der Waals surface area contributed by atoms with Crippen molar-refractivity contribution in [2.45, 2.75) is 51.5 Å². The fourth-order valence-corrected chi connectivity index (χ4v) is 2.74. The second-order valence-electron chi connectivity index (χ2n) is 6.18. The predicted octanol–water partition coefficient (Wildman–Crippen LogP) is 1.00. The second kappa shape index (κ2) is 6.91. The summed E-state index contributed by atoms with van der Waals surface area (Å²) in [4.78, 5) is 36.4. The van der Waals surface area contributed by atoms with Gasteiger partial charge in [0.1, 0.15) is 0 Å². The molecule has 1 saturated carbocycles. The highest BCUT2D eigenvalue weighted by Crippen LogP contribution is 2.28. The van der Waals surface area contributed by atoms with Gasteiger partial charge < -0.3 is 15.3 Å². The Kier molecular flexibility index (Phi) is 5.20. The number of piperidine rings is 1. The van der Waals surface area contributed by atoms with Gasteiger partial charge in [0.15, 0.2) is 0 Å². The lowest BCUT2D eigenvalue weighted by Crippen LogP contribution is -2.47. The SMILES string of the molecule is CC1CCC(C(=O)O)CN1C(=O)CCCNC(=O)C1CC1. The first kappa shape index (κ1) is 15.8. The summed E-state index contributed by atoms with van der Waals surface area (Å²) < 4.78 is 0. The van der Waals surface area contributed by atoms with Crippen LogP contribution in [-0.2, 0) is 14.4 Å². The maximum absolute atomic E-state index is 12.2. The van der Waals surface area contributed by atoms with Crippen LogP contribution in [-0.4, -0.2) is 46.9 Å². The number of aliphatic carboxylic acids is 1. The molecule has 2 unspecified atom stereocenters. The average molecular weight is 296 g/mol. The number of nitrogens with one attached hydrogen (secondary N) is 1. The molecule has 6 nitrogen and oxygen atoms in total. The van der Waals surface area contributed by atoms with Crippen LogP contribution in [0.1, 0.15) is 45.4 Å². The number of carbonyl (C=O) groups is 3. The molecule has 0 bridgehead atoms. The predicted molar refractivity (Wildman–Crippen MR) is 76.5 cm³/mol. The standard InChI is InChI=1S/C15H24N2O4/c1-10-4-5-12(15(20)21)9-17(10)13(18)3-2-8-16-14(19)11-6-7-11/h10-12H,2-9H2,1H3,(H,16,19)(H,20,21). The van der Waals surface area contributed by atoms with Crippen LogP contribution < -0.4 is 5.32 Å². The van der Waals surface area contributed by atoms with Crippen LogP contribution in [0, 0.1) is 11.8 Å². The van der Waals surface area contributed by atoms with Crippen molar-refractivity contribution < 1.29 is 19.5 Å². The highest BCUT2D eigenvalue weighted by molar-refractivity contribution is 5.81. The Hall–Kier alpha value is -1.59. The van der Waals surface area contributed by atoms with Gasteiger partial charge in [-0.1, -0.05) is 0 Å². The minimum atomic E-state index is -0.823. The molecule has 2 rings (SSSR count). The molecule has 21 heavy (non-hydrogen) atoms. The van der Waals surface area contributed by atoms with Crippen molar-refractivity contribution in [3.63, 3.8) is 0 Å². The Bertz CT molecular complexity index is 420. The number of rotatable bonds is 6. The molecule has 0 radical (unpaired) electrons. The van der Waals surface area contributed by atoms with Gasteiger partial charge in [0.05, 0.1) is 5.92 Å². The molecule has 2 amide bonds. The van der Waals surface area contributed by atoms with Gasteiger partial charge in [0.25, 0.3) is 0 Å². The molecule has 0 aromatic rings. The molecule has 0 spiro atoms. The molecule has 118 valence electrons. The molecule has 0 aromatic heterocycles. The Morgan fingerprint density at radius 3 is 2.43 bits per heavy atom. The van der Waals surface area contributed by atoms with E-state index in [0.29, 0.717) is 32.4 Å². The maximum Gasteiger partial charge on any atom is 0.308 e. The summed E-state index contributed by atoms with van der Waals surface area (Å²) >= 11 is 0. The molecular formula is C15H24N2O4. The topological polar surface area (TPSA) is 86.7 Å². The van der Waals surface area contributed by atoms with Crippen molar-refractivity contribution in [2.75, 3.05) is 13.1 Å². The first-order valence-corrected chi connectivity index (χ1v) is 7.79. The Balaban J connectivity index is 1.70. The zero-order valence-electron chi connectivity index (χ0n) is 12.5. The fraction of sp³-hybridized carbons (Fsp3) is 0.800. The number of likely N-dealkylation sites (tertiary alicyclic amines) is 1. The van der Waals surface area contributed by atoms with Crippen molar-refractivity contribution in [1.29, 1.82) is 0 Å². The van der Waals surface area contributed by atoms with E-state index in [-0.39, 0.29) is 23.8 Å². The lowest BCUT2D eigenvalue weighted by Gasteiger charge is -2.36. The van der Waals surface area contributed by atoms with Crippen LogP contribution in [0.4, 0.5) is 0 Å². The number of carboxylic acid groups (broad SMARTS) is 1. The fourth-order valence-electron chi connectivity index (χ4n) is 2.74. The third kappa shape index (κ3) is 4.44. The zero-order valence-corrected chi connectivity index (χ0v) is 12.5. The van der Waals surface area contributed by atoms with Crippen molar-refractivity contribution in [2.24, 2.45) is 11.8 Å². The van der Waals surface area contributed by atoms with Crippen molar-refractivity contribution >= 4 is 17.8 Å². The number of hydrogen-bond donors (Lipinski definition) is 2. The molecule has 1 aliphatic carbocycles. The van der Waals surface area contributed by atoms with E-state index >= 15 is 0 Å². The van der Waals surface area contributed by atoms with Gasteiger partial charge in [0, 0.05) is 31.5 Å². The smallest absolute Gasteiger partial charge is 0.308 e. The summed E-state index contributed by atoms with van der Waals surface area (Å²) in [5.41, 5.74) is 0. The number of amides is 2. The van der Waals surface area contributed by atoms with Crippen LogP contribution in [0.25, 0.3) is 0 Å². The molecule has 0 aromatic carbocycles. The van der Waals surface area contributed by atoms with Gasteiger partial charge in [-0.25, -0.2) is 0 Å². The van der Waals surface area contributed by atoms with E-state index in [1.54, 1.807) is 4.90 Å². The lowest BCUT2D eigenvalue weighted by atomic mass is 9.93. The van der Waals surface area contributed by atoms with Crippen LogP contribution >= 0.6 is 0 Å². The minimum absolute atomic E-state index is 0.00544. The average Bonchev–Trinajstić information content (AvgIpc) is 3.27. The molecule has 1 saturated heterocycles. The normalized spacial score (nSPS) is 25.5. The number of carbonyl (C=O) groups excluding carboxylic acids is 2. The minimum Gasteiger partial charge on any atom is -0.481 e. The summed E-state index contributed by atoms with van der Waals surface area (Å²) in [5.74, 6) is -0.982. The quantitative estimate of drug-likeness (QED) is 0.716. The van der Waals surface area contributed by atoms with E-state index in [0.717, 1.165) is 19.3 Å². The Morgan fingerprint density at radius 2 is 1.81 bits per heavy atom. The summed E-state index contributed by atoms with van der Waals surface area (Å²) in [6, 6.07) is 0.106. The highest BCUT2D eigenvalue weighted by Gasteiger charge is 2.32. The molecule has 6 heteroatoms. The molecule has 2 atom stereocenters. The van der Waals surface area contributed by atoms with E-state index in [2.05, 4.69) is 5.32 Å². The zero-order chi connectivity index (χ0) is 15.4. The third-order valence-electron chi connectivity index (χ3n) is 4.37. The third-order valence-corrected chi connectivity index (χ3v) is 4.37. The second-order valence-corrected chi connectivity index (χ2v) is 6.18. The molecule has 2 fully saturated rings. The Labute approximate surface area is 124 Å². The van der Waals surface area contributed by atoms with Crippen LogP contribution in [0.5, 0.6) is 0 Å². The van der Waals surface area contributed by atoms with E-state index < -0.39 is 11.9 Å².